The van der Waals surface area contributed by atoms with E-state index in [1.165, 1.54) is 10.8 Å². The molecule has 1 N–H and O–H groups in total. The standard InChI is InChI=1S/C24H21N/c1-2-4-10-19(9-3-1)20-12-7-14-22(18-17-20)25-24-16-8-13-21-11-5-6-15-23(21)24/h1-20,25H. The molecule has 0 aliphatic heterocycles. The average Bonchev–Trinajstić information content (AvgIpc) is 3.05. The SMILES string of the molecule is C1=CC=CC(C2C=CC=C(Nc3cccc4ccccc34)C=C2)C=C1. The molecule has 25 heavy (non-hydrogen) atoms. The highest BCUT2D eigenvalue weighted by atomic mass is 14.9. The Morgan fingerprint density at radius 3 is 2.24 bits per heavy atom. The Morgan fingerprint density at radius 2 is 1.36 bits per heavy atom. The molecule has 2 aromatic rings. The van der Waals surface area contributed by atoms with Crippen molar-refractivity contribution >= 4 is 16.5 Å². The molecule has 0 saturated carbocycles. The molecule has 0 fully saturated rings. The summed E-state index contributed by atoms with van der Waals surface area (Å²) >= 11 is 0. The van der Waals surface area contributed by atoms with Crippen molar-refractivity contribution in [2.45, 2.75) is 0 Å². The van der Waals surface area contributed by atoms with Crippen molar-refractivity contribution in [2.24, 2.45) is 11.8 Å². The summed E-state index contributed by atoms with van der Waals surface area (Å²) in [6.07, 6.45) is 23.9. The van der Waals surface area contributed by atoms with E-state index in [9.17, 15) is 0 Å². The molecule has 0 bridgehead atoms. The largest absolute Gasteiger partial charge is 0.355 e. The maximum atomic E-state index is 3.57. The summed E-state index contributed by atoms with van der Waals surface area (Å²) in [5.41, 5.74) is 2.24. The Labute approximate surface area is 149 Å². The van der Waals surface area contributed by atoms with E-state index in [-0.39, 0.29) is 0 Å². The number of hydrogen-bond donors (Lipinski definition) is 1. The van der Waals surface area contributed by atoms with Crippen molar-refractivity contribution < 1.29 is 0 Å². The molecule has 1 atom stereocenters. The van der Waals surface area contributed by atoms with Crippen molar-refractivity contribution in [3.8, 4) is 0 Å². The summed E-state index contributed by atoms with van der Waals surface area (Å²) in [5, 5.41) is 6.07. The quantitative estimate of drug-likeness (QED) is 0.711. The van der Waals surface area contributed by atoms with E-state index in [4.69, 9.17) is 0 Å². The lowest BCUT2D eigenvalue weighted by molar-refractivity contribution is 0.677. The summed E-state index contributed by atoms with van der Waals surface area (Å²) in [4.78, 5) is 0. The van der Waals surface area contributed by atoms with Gasteiger partial charge in [-0.3, -0.25) is 0 Å². The van der Waals surface area contributed by atoms with Gasteiger partial charge >= 0.3 is 0 Å². The van der Waals surface area contributed by atoms with Gasteiger partial charge < -0.3 is 5.32 Å². The van der Waals surface area contributed by atoms with Crippen LogP contribution in [0.3, 0.4) is 0 Å². The Bertz CT molecular complexity index is 916. The highest BCUT2D eigenvalue weighted by Crippen LogP contribution is 2.26. The zero-order valence-electron chi connectivity index (χ0n) is 14.0. The molecule has 2 aromatic carbocycles. The highest BCUT2D eigenvalue weighted by Gasteiger charge is 2.12. The van der Waals surface area contributed by atoms with Crippen molar-refractivity contribution in [1.82, 2.24) is 0 Å². The van der Waals surface area contributed by atoms with E-state index in [0.29, 0.717) is 11.8 Å². The number of anilines is 1. The number of rotatable bonds is 3. The Kier molecular flexibility index (Phi) is 4.47. The number of benzene rings is 2. The van der Waals surface area contributed by atoms with Crippen LogP contribution in [0.15, 0.2) is 115 Å². The number of fused-ring (bicyclic) bond motifs is 1. The number of hydrogen-bond acceptors (Lipinski definition) is 1. The minimum Gasteiger partial charge on any atom is -0.355 e. The molecule has 0 amide bonds. The summed E-state index contributed by atoms with van der Waals surface area (Å²) < 4.78 is 0. The van der Waals surface area contributed by atoms with Crippen LogP contribution in [0.4, 0.5) is 5.69 Å². The fourth-order valence-electron chi connectivity index (χ4n) is 3.29. The maximum absolute atomic E-state index is 3.57. The van der Waals surface area contributed by atoms with Gasteiger partial charge in [0.05, 0.1) is 0 Å². The zero-order valence-corrected chi connectivity index (χ0v) is 14.0. The van der Waals surface area contributed by atoms with Crippen molar-refractivity contribution in [3.63, 3.8) is 0 Å². The Morgan fingerprint density at radius 1 is 0.640 bits per heavy atom. The first-order chi connectivity index (χ1) is 12.4. The van der Waals surface area contributed by atoms with Crippen LogP contribution in [0.1, 0.15) is 0 Å². The predicted molar refractivity (Wildman–Crippen MR) is 108 cm³/mol. The lowest BCUT2D eigenvalue weighted by atomic mass is 9.91. The average molecular weight is 323 g/mol. The molecule has 0 saturated heterocycles. The molecule has 4 rings (SSSR count). The van der Waals surface area contributed by atoms with E-state index in [1.54, 1.807) is 0 Å². The van der Waals surface area contributed by atoms with Gasteiger partial charge in [0.25, 0.3) is 0 Å². The molecule has 0 heterocycles. The summed E-state index contributed by atoms with van der Waals surface area (Å²) in [5.74, 6) is 0.767. The summed E-state index contributed by atoms with van der Waals surface area (Å²) in [6.45, 7) is 0. The molecule has 1 unspecified atom stereocenters. The maximum Gasteiger partial charge on any atom is 0.0463 e. The summed E-state index contributed by atoms with van der Waals surface area (Å²) in [7, 11) is 0. The van der Waals surface area contributed by atoms with E-state index in [0.717, 1.165) is 11.4 Å². The molecular formula is C24H21N. The lowest BCUT2D eigenvalue weighted by Gasteiger charge is -2.14. The monoisotopic (exact) mass is 323 g/mol. The van der Waals surface area contributed by atoms with Crippen molar-refractivity contribution in [2.75, 3.05) is 5.32 Å². The minimum atomic E-state index is 0.371. The zero-order chi connectivity index (χ0) is 16.9. The van der Waals surface area contributed by atoms with E-state index < -0.39 is 0 Å². The fourth-order valence-corrected chi connectivity index (χ4v) is 3.29. The van der Waals surface area contributed by atoms with Crippen molar-refractivity contribution in [1.29, 1.82) is 0 Å². The molecule has 2 aliphatic rings. The second-order valence-corrected chi connectivity index (χ2v) is 6.33. The van der Waals surface area contributed by atoms with Crippen molar-refractivity contribution in [3.05, 3.63) is 115 Å². The normalized spacial score (nSPS) is 19.7. The smallest absolute Gasteiger partial charge is 0.0463 e. The third-order valence-electron chi connectivity index (χ3n) is 4.62. The second-order valence-electron chi connectivity index (χ2n) is 6.33. The first-order valence-corrected chi connectivity index (χ1v) is 8.73. The van der Waals surface area contributed by atoms with Gasteiger partial charge in [0.2, 0.25) is 0 Å². The van der Waals surface area contributed by atoms with Crippen LogP contribution in [-0.4, -0.2) is 0 Å². The van der Waals surface area contributed by atoms with Crippen LogP contribution >= 0.6 is 0 Å². The van der Waals surface area contributed by atoms with Gasteiger partial charge in [-0.25, -0.2) is 0 Å². The van der Waals surface area contributed by atoms with Crippen LogP contribution in [0, 0.1) is 11.8 Å². The molecule has 0 spiro atoms. The van der Waals surface area contributed by atoms with Gasteiger partial charge in [-0.2, -0.15) is 0 Å². The number of nitrogens with one attached hydrogen (secondary N) is 1. The predicted octanol–water partition coefficient (Wildman–Crippen LogP) is 6.18. The second kappa shape index (κ2) is 7.23. The van der Waals surface area contributed by atoms with Crippen LogP contribution in [0.25, 0.3) is 10.8 Å². The van der Waals surface area contributed by atoms with Gasteiger partial charge in [0, 0.05) is 28.6 Å². The van der Waals surface area contributed by atoms with Gasteiger partial charge in [0.1, 0.15) is 0 Å². The lowest BCUT2D eigenvalue weighted by Crippen LogP contribution is -2.04. The Hall–Kier alpha value is -3.06. The third kappa shape index (κ3) is 3.56. The summed E-state index contributed by atoms with van der Waals surface area (Å²) in [6, 6.07) is 14.8. The van der Waals surface area contributed by atoms with E-state index >= 15 is 0 Å². The first-order valence-electron chi connectivity index (χ1n) is 8.73. The molecule has 122 valence electrons. The van der Waals surface area contributed by atoms with Gasteiger partial charge in [-0.05, 0) is 23.6 Å². The van der Waals surface area contributed by atoms with Crippen LogP contribution in [0.5, 0.6) is 0 Å². The molecule has 2 aliphatic carbocycles. The van der Waals surface area contributed by atoms with Gasteiger partial charge in [-0.1, -0.05) is 91.1 Å². The van der Waals surface area contributed by atoms with Gasteiger partial charge in [0.15, 0.2) is 0 Å². The molecule has 1 heteroatoms. The van der Waals surface area contributed by atoms with Crippen LogP contribution in [-0.2, 0) is 0 Å². The van der Waals surface area contributed by atoms with E-state index in [1.807, 2.05) is 0 Å². The van der Waals surface area contributed by atoms with Crippen LogP contribution in [0.2, 0.25) is 0 Å². The topological polar surface area (TPSA) is 12.0 Å². The molecule has 1 nitrogen and oxygen atoms in total. The fraction of sp³-hybridized carbons (Fsp3) is 0.0833. The molecule has 0 radical (unpaired) electrons. The Balaban J connectivity index is 1.55. The van der Waals surface area contributed by atoms with Crippen LogP contribution < -0.4 is 5.32 Å². The van der Waals surface area contributed by atoms with E-state index in [2.05, 4.69) is 115 Å². The highest BCUT2D eigenvalue weighted by molar-refractivity contribution is 5.94. The first kappa shape index (κ1) is 15.5. The molecular weight excluding hydrogens is 302 g/mol. The number of allylic oxidation sites excluding steroid dienone is 11. The third-order valence-corrected chi connectivity index (χ3v) is 4.62. The molecule has 0 aromatic heterocycles. The van der Waals surface area contributed by atoms with Gasteiger partial charge in [-0.15, -0.1) is 0 Å². The minimum absolute atomic E-state index is 0.371.